The van der Waals surface area contributed by atoms with Crippen LogP contribution in [0.4, 0.5) is 27.3 Å². The fourth-order valence-corrected chi connectivity index (χ4v) is 0. The summed E-state index contributed by atoms with van der Waals surface area (Å²) < 4.78 is 31.7. The summed E-state index contributed by atoms with van der Waals surface area (Å²) >= 11 is 0. The standard InChI is InChI=1S/C2HF3O2.3FH/c3-2(4,5)1(6)7;;;/h(H,6,7);3*1H. The number of carboxylic acids is 1. The number of aliphatic carboxylic acids is 1. The van der Waals surface area contributed by atoms with Crippen molar-refractivity contribution in [1.29, 1.82) is 0 Å². The lowest BCUT2D eigenvalue weighted by Gasteiger charge is -1.93. The molecule has 2 nitrogen and oxygen atoms in total. The Labute approximate surface area is 50.7 Å². The summed E-state index contributed by atoms with van der Waals surface area (Å²) in [5.41, 5.74) is 0. The van der Waals surface area contributed by atoms with Gasteiger partial charge >= 0.3 is 12.1 Å². The second-order valence-electron chi connectivity index (χ2n) is 0.803. The molecule has 0 bridgehead atoms. The molecule has 10 heavy (non-hydrogen) atoms. The molecule has 8 heteroatoms. The van der Waals surface area contributed by atoms with E-state index in [2.05, 4.69) is 0 Å². The van der Waals surface area contributed by atoms with Gasteiger partial charge in [-0.1, -0.05) is 0 Å². The third-order valence-corrected chi connectivity index (χ3v) is 0.243. The first-order valence-electron chi connectivity index (χ1n) is 1.24. The first kappa shape index (κ1) is 23.0. The topological polar surface area (TPSA) is 37.3 Å². The smallest absolute Gasteiger partial charge is 0.475 e. The summed E-state index contributed by atoms with van der Waals surface area (Å²) in [4.78, 5) is 8.90. The zero-order valence-corrected chi connectivity index (χ0v) is 4.21. The molecule has 0 aliphatic rings. The lowest BCUT2D eigenvalue weighted by molar-refractivity contribution is -0.192. The third-order valence-electron chi connectivity index (χ3n) is 0.243. The number of alkyl halides is 3. The molecule has 0 aliphatic heterocycles. The van der Waals surface area contributed by atoms with E-state index in [1.807, 2.05) is 0 Å². The molecule has 0 aromatic heterocycles. The lowest BCUT2D eigenvalue weighted by Crippen LogP contribution is -2.21. The lowest BCUT2D eigenvalue weighted by atomic mass is 10.7. The number of hydrogen-bond acceptors (Lipinski definition) is 1. The summed E-state index contributed by atoms with van der Waals surface area (Å²) in [6, 6.07) is 0. The first-order valence-corrected chi connectivity index (χ1v) is 1.24. The SMILES string of the molecule is F.F.F.O=C(O)C(F)(F)F. The minimum atomic E-state index is -5.08. The van der Waals surface area contributed by atoms with E-state index in [-0.39, 0.29) is 14.1 Å². The van der Waals surface area contributed by atoms with E-state index in [1.165, 1.54) is 0 Å². The van der Waals surface area contributed by atoms with Crippen molar-refractivity contribution in [3.63, 3.8) is 0 Å². The quantitative estimate of drug-likeness (QED) is 0.558. The first-order chi connectivity index (χ1) is 2.94. The fourth-order valence-electron chi connectivity index (χ4n) is 0. The number of carboxylic acid groups (broad SMARTS) is 1. The minimum absolute atomic E-state index is 0. The van der Waals surface area contributed by atoms with E-state index in [0.717, 1.165) is 0 Å². The molecule has 0 atom stereocenters. The summed E-state index contributed by atoms with van der Waals surface area (Å²) in [6.45, 7) is 0. The van der Waals surface area contributed by atoms with Gasteiger partial charge in [0.1, 0.15) is 0 Å². The number of hydrogen-bond donors (Lipinski definition) is 1. The van der Waals surface area contributed by atoms with Crippen LogP contribution in [0, 0.1) is 0 Å². The highest BCUT2D eigenvalue weighted by Gasteiger charge is 2.38. The van der Waals surface area contributed by atoms with Crippen LogP contribution in [0.2, 0.25) is 0 Å². The van der Waals surface area contributed by atoms with Gasteiger partial charge in [0.2, 0.25) is 0 Å². The molecule has 0 aromatic carbocycles. The average Bonchev–Trinajstić information content (AvgIpc) is 1.31. The molecule has 66 valence electrons. The van der Waals surface area contributed by atoms with Crippen molar-refractivity contribution in [2.24, 2.45) is 0 Å². The normalized spacial score (nSPS) is 7.90. The molecule has 0 unspecified atom stereocenters. The largest absolute Gasteiger partial charge is 0.490 e. The Kier molecular flexibility index (Phi) is 14.2. The van der Waals surface area contributed by atoms with Crippen LogP contribution in [0.15, 0.2) is 0 Å². The Hall–Kier alpha value is -0.950. The summed E-state index contributed by atoms with van der Waals surface area (Å²) in [5, 5.41) is 7.12. The van der Waals surface area contributed by atoms with E-state index in [4.69, 9.17) is 9.90 Å². The van der Waals surface area contributed by atoms with Gasteiger partial charge in [-0.3, -0.25) is 14.1 Å². The van der Waals surface area contributed by atoms with E-state index in [1.54, 1.807) is 0 Å². The molecular weight excluding hydrogens is 170 g/mol. The maximum absolute atomic E-state index is 10.6. The minimum Gasteiger partial charge on any atom is -0.475 e. The van der Waals surface area contributed by atoms with Crippen molar-refractivity contribution in [2.75, 3.05) is 0 Å². The Balaban J connectivity index is -0.0000000600. The monoisotopic (exact) mass is 174 g/mol. The molecule has 0 saturated heterocycles. The third kappa shape index (κ3) is 10.1. The summed E-state index contributed by atoms with van der Waals surface area (Å²) in [6.07, 6.45) is -5.08. The molecule has 1 N–H and O–H groups in total. The van der Waals surface area contributed by atoms with E-state index >= 15 is 0 Å². The molecule has 0 amide bonds. The molecule has 0 fully saturated rings. The van der Waals surface area contributed by atoms with Gasteiger partial charge in [0, 0.05) is 0 Å². The van der Waals surface area contributed by atoms with Crippen molar-refractivity contribution < 1.29 is 37.2 Å². The molecule has 0 spiro atoms. The van der Waals surface area contributed by atoms with Crippen molar-refractivity contribution in [3.8, 4) is 0 Å². The van der Waals surface area contributed by atoms with Crippen LogP contribution in [-0.4, -0.2) is 17.3 Å². The Morgan fingerprint density at radius 3 is 1.20 bits per heavy atom. The van der Waals surface area contributed by atoms with Gasteiger partial charge in [0.05, 0.1) is 0 Å². The van der Waals surface area contributed by atoms with Crippen molar-refractivity contribution in [3.05, 3.63) is 0 Å². The second-order valence-corrected chi connectivity index (χ2v) is 0.803. The van der Waals surface area contributed by atoms with Gasteiger partial charge in [0.25, 0.3) is 0 Å². The molecule has 0 aromatic rings. The van der Waals surface area contributed by atoms with Gasteiger partial charge < -0.3 is 5.11 Å². The van der Waals surface area contributed by atoms with E-state index in [0.29, 0.717) is 0 Å². The maximum Gasteiger partial charge on any atom is 0.490 e. The van der Waals surface area contributed by atoms with Gasteiger partial charge in [-0.15, -0.1) is 0 Å². The number of halogens is 6. The Morgan fingerprint density at radius 2 is 1.20 bits per heavy atom. The number of rotatable bonds is 0. The molecule has 0 radical (unpaired) electrons. The van der Waals surface area contributed by atoms with Gasteiger partial charge in [0.15, 0.2) is 0 Å². The van der Waals surface area contributed by atoms with Crippen molar-refractivity contribution >= 4 is 5.97 Å². The predicted molar refractivity (Wildman–Crippen MR) is 21.2 cm³/mol. The van der Waals surface area contributed by atoms with Crippen LogP contribution in [0.1, 0.15) is 0 Å². The van der Waals surface area contributed by atoms with Crippen LogP contribution in [0.25, 0.3) is 0 Å². The molecule has 0 saturated carbocycles. The number of carbonyl (C=O) groups is 1. The predicted octanol–water partition coefficient (Wildman–Crippen LogP) is 1.09. The van der Waals surface area contributed by atoms with Crippen LogP contribution in [0.5, 0.6) is 0 Å². The molecule has 0 aliphatic carbocycles. The summed E-state index contributed by atoms with van der Waals surface area (Å²) in [5.74, 6) is -2.76. The highest BCUT2D eigenvalue weighted by molar-refractivity contribution is 5.73. The van der Waals surface area contributed by atoms with Crippen molar-refractivity contribution in [2.45, 2.75) is 6.18 Å². The van der Waals surface area contributed by atoms with E-state index < -0.39 is 12.1 Å². The Morgan fingerprint density at radius 1 is 1.10 bits per heavy atom. The molecule has 0 rings (SSSR count). The fraction of sp³-hybridized carbons (Fsp3) is 0.500. The molecule has 0 heterocycles. The Bertz CT molecular complexity index is 86.2. The van der Waals surface area contributed by atoms with Crippen LogP contribution in [-0.2, 0) is 4.79 Å². The van der Waals surface area contributed by atoms with Crippen LogP contribution < -0.4 is 0 Å². The molecular formula is C2H4F6O2. The highest BCUT2D eigenvalue weighted by atomic mass is 19.4. The van der Waals surface area contributed by atoms with E-state index in [9.17, 15) is 13.2 Å². The summed E-state index contributed by atoms with van der Waals surface area (Å²) in [7, 11) is 0. The maximum atomic E-state index is 10.6. The second kappa shape index (κ2) is 6.17. The van der Waals surface area contributed by atoms with Gasteiger partial charge in [-0.2, -0.15) is 13.2 Å². The van der Waals surface area contributed by atoms with Crippen LogP contribution in [0.3, 0.4) is 0 Å². The van der Waals surface area contributed by atoms with Crippen LogP contribution >= 0.6 is 0 Å². The highest BCUT2D eigenvalue weighted by Crippen LogP contribution is 2.13. The zero-order valence-electron chi connectivity index (χ0n) is 4.21. The van der Waals surface area contributed by atoms with Crippen molar-refractivity contribution in [1.82, 2.24) is 0 Å². The average molecular weight is 174 g/mol. The van der Waals surface area contributed by atoms with Gasteiger partial charge in [-0.25, -0.2) is 4.79 Å². The zero-order chi connectivity index (χ0) is 6.08. The van der Waals surface area contributed by atoms with Gasteiger partial charge in [-0.05, 0) is 0 Å².